The number of halogens is 3. The molecule has 0 amide bonds. The first-order valence-corrected chi connectivity index (χ1v) is 9.45. The molecular formula is C22H19Cl3O2. The summed E-state index contributed by atoms with van der Waals surface area (Å²) >= 11 is 17.8. The first-order valence-electron chi connectivity index (χ1n) is 8.32. The molecule has 27 heavy (non-hydrogen) atoms. The molecule has 0 N–H and O–H groups in total. The summed E-state index contributed by atoms with van der Waals surface area (Å²) in [4.78, 5) is 11.9. The first kappa shape index (κ1) is 21.5. The van der Waals surface area contributed by atoms with Gasteiger partial charge in [0, 0.05) is 15.1 Å². The molecule has 0 aliphatic heterocycles. The van der Waals surface area contributed by atoms with E-state index in [2.05, 4.69) is 0 Å². The summed E-state index contributed by atoms with van der Waals surface area (Å²) in [6, 6.07) is 12.7. The summed E-state index contributed by atoms with van der Waals surface area (Å²) < 4.78 is 5.52. The number of hydrogen-bond donors (Lipinski definition) is 0. The lowest BCUT2D eigenvalue weighted by atomic mass is 10.2. The largest absolute Gasteiger partial charge is 0.366 e. The van der Waals surface area contributed by atoms with Crippen LogP contribution in [0.25, 0.3) is 12.2 Å². The topological polar surface area (TPSA) is 26.3 Å². The molecule has 1 atom stereocenters. The van der Waals surface area contributed by atoms with Crippen LogP contribution in [0.4, 0.5) is 0 Å². The Balaban J connectivity index is 1.77. The standard InChI is InChI=1S/C22H19Cl3O2/c1-16(6-7-17-8-11-19(23)12-9-17)27-15-21(26)5-3-2-4-18-10-13-20(24)14-22(18)25/h2-14,16H,15H2,1H3/b4-2+,5-3+,7-6-. The maximum Gasteiger partial charge on any atom is 0.181 e. The van der Waals surface area contributed by atoms with E-state index in [0.717, 1.165) is 11.1 Å². The summed E-state index contributed by atoms with van der Waals surface area (Å²) in [6.07, 6.45) is 10.3. The van der Waals surface area contributed by atoms with Crippen LogP contribution >= 0.6 is 34.8 Å². The predicted octanol–water partition coefficient (Wildman–Crippen LogP) is 6.90. The molecule has 140 valence electrons. The third kappa shape index (κ3) is 8.15. The van der Waals surface area contributed by atoms with Crippen molar-refractivity contribution in [1.82, 2.24) is 0 Å². The van der Waals surface area contributed by atoms with E-state index in [4.69, 9.17) is 39.5 Å². The lowest BCUT2D eigenvalue weighted by Crippen LogP contribution is -2.12. The van der Waals surface area contributed by atoms with Crippen LogP contribution in [0.5, 0.6) is 0 Å². The molecule has 2 rings (SSSR count). The van der Waals surface area contributed by atoms with Crippen LogP contribution in [0.2, 0.25) is 15.1 Å². The Hall–Kier alpha value is -1.84. The molecule has 0 spiro atoms. The number of carbonyl (C=O) groups is 1. The summed E-state index contributed by atoms with van der Waals surface area (Å²) in [6.45, 7) is 1.89. The zero-order chi connectivity index (χ0) is 19.6. The quantitative estimate of drug-likeness (QED) is 0.342. The fraction of sp³-hybridized carbons (Fsp3) is 0.136. The highest BCUT2D eigenvalue weighted by Crippen LogP contribution is 2.21. The molecule has 1 unspecified atom stereocenters. The third-order valence-electron chi connectivity index (χ3n) is 3.55. The smallest absolute Gasteiger partial charge is 0.181 e. The predicted molar refractivity (Wildman–Crippen MR) is 116 cm³/mol. The minimum atomic E-state index is -0.179. The van der Waals surface area contributed by atoms with Gasteiger partial charge in [0.15, 0.2) is 5.78 Å². The van der Waals surface area contributed by atoms with E-state index in [1.54, 1.807) is 30.4 Å². The number of carbonyl (C=O) groups excluding carboxylic acids is 1. The van der Waals surface area contributed by atoms with E-state index in [-0.39, 0.29) is 18.5 Å². The van der Waals surface area contributed by atoms with Crippen LogP contribution in [-0.2, 0) is 9.53 Å². The van der Waals surface area contributed by atoms with E-state index in [1.165, 1.54) is 6.08 Å². The summed E-state index contributed by atoms with van der Waals surface area (Å²) in [5, 5.41) is 1.84. The first-order chi connectivity index (χ1) is 12.9. The fourth-order valence-electron chi connectivity index (χ4n) is 2.10. The van der Waals surface area contributed by atoms with Gasteiger partial charge in [0.25, 0.3) is 0 Å². The molecule has 0 fully saturated rings. The average molecular weight is 422 g/mol. The Labute approximate surface area is 174 Å². The third-order valence-corrected chi connectivity index (χ3v) is 4.36. The van der Waals surface area contributed by atoms with E-state index in [9.17, 15) is 4.79 Å². The van der Waals surface area contributed by atoms with Crippen molar-refractivity contribution in [3.8, 4) is 0 Å². The van der Waals surface area contributed by atoms with E-state index >= 15 is 0 Å². The lowest BCUT2D eigenvalue weighted by molar-refractivity contribution is -0.119. The molecule has 2 aromatic rings. The summed E-state index contributed by atoms with van der Waals surface area (Å²) in [5.74, 6) is -0.117. The van der Waals surface area contributed by atoms with Crippen LogP contribution < -0.4 is 0 Å². The molecule has 2 aromatic carbocycles. The molecule has 0 saturated carbocycles. The van der Waals surface area contributed by atoms with Gasteiger partial charge in [-0.3, -0.25) is 4.79 Å². The van der Waals surface area contributed by atoms with Crippen LogP contribution in [-0.4, -0.2) is 18.5 Å². The second-order valence-corrected chi connectivity index (χ2v) is 7.06. The van der Waals surface area contributed by atoms with Crippen LogP contribution in [0.3, 0.4) is 0 Å². The monoisotopic (exact) mass is 420 g/mol. The second kappa shape index (κ2) is 11.1. The van der Waals surface area contributed by atoms with Gasteiger partial charge < -0.3 is 4.74 Å². The van der Waals surface area contributed by atoms with Gasteiger partial charge in [-0.2, -0.15) is 0 Å². The number of rotatable bonds is 8. The normalized spacial score (nSPS) is 13.0. The van der Waals surface area contributed by atoms with Crippen molar-refractivity contribution in [3.05, 3.63) is 93.0 Å². The molecule has 0 aromatic heterocycles. The molecule has 5 heteroatoms. The number of hydrogen-bond acceptors (Lipinski definition) is 2. The number of allylic oxidation sites excluding steroid dienone is 2. The van der Waals surface area contributed by atoms with Crippen molar-refractivity contribution in [2.75, 3.05) is 6.61 Å². The molecule has 0 aliphatic rings. The Morgan fingerprint density at radius 3 is 2.41 bits per heavy atom. The highest BCUT2D eigenvalue weighted by Gasteiger charge is 2.01. The SMILES string of the molecule is CC(/C=C\c1ccc(Cl)cc1)OCC(=O)/C=C/C=C/c1ccc(Cl)cc1Cl. The zero-order valence-corrected chi connectivity index (χ0v) is 17.0. The Morgan fingerprint density at radius 1 is 1.00 bits per heavy atom. The van der Waals surface area contributed by atoms with Crippen molar-refractivity contribution in [2.45, 2.75) is 13.0 Å². The van der Waals surface area contributed by atoms with Crippen molar-refractivity contribution in [2.24, 2.45) is 0 Å². The van der Waals surface area contributed by atoms with Gasteiger partial charge in [0.1, 0.15) is 6.61 Å². The van der Waals surface area contributed by atoms with Gasteiger partial charge in [-0.15, -0.1) is 0 Å². The van der Waals surface area contributed by atoms with Gasteiger partial charge in [-0.25, -0.2) is 0 Å². The molecule has 2 nitrogen and oxygen atoms in total. The van der Waals surface area contributed by atoms with Crippen molar-refractivity contribution < 1.29 is 9.53 Å². The second-order valence-electron chi connectivity index (χ2n) is 5.78. The molecule has 0 aliphatic carbocycles. The van der Waals surface area contributed by atoms with E-state index in [1.807, 2.05) is 49.4 Å². The van der Waals surface area contributed by atoms with Gasteiger partial charge in [0.05, 0.1) is 6.10 Å². The van der Waals surface area contributed by atoms with Crippen molar-refractivity contribution in [1.29, 1.82) is 0 Å². The average Bonchev–Trinajstić information content (AvgIpc) is 2.64. The van der Waals surface area contributed by atoms with Gasteiger partial charge in [-0.05, 0) is 48.4 Å². The van der Waals surface area contributed by atoms with Gasteiger partial charge in [-0.1, -0.05) is 83.4 Å². The Bertz CT molecular complexity index is 852. The number of benzene rings is 2. The van der Waals surface area contributed by atoms with Crippen LogP contribution in [0, 0.1) is 0 Å². The minimum Gasteiger partial charge on any atom is -0.366 e. The molecule has 0 heterocycles. The van der Waals surface area contributed by atoms with Crippen LogP contribution in [0.1, 0.15) is 18.1 Å². The highest BCUT2D eigenvalue weighted by atomic mass is 35.5. The maximum atomic E-state index is 11.9. The zero-order valence-electron chi connectivity index (χ0n) is 14.7. The Kier molecular flexibility index (Phi) is 8.83. The molecule has 0 bridgehead atoms. The Morgan fingerprint density at radius 2 is 1.70 bits per heavy atom. The summed E-state index contributed by atoms with van der Waals surface area (Å²) in [5.41, 5.74) is 1.85. The lowest BCUT2D eigenvalue weighted by Gasteiger charge is -2.06. The molecule has 0 radical (unpaired) electrons. The maximum absolute atomic E-state index is 11.9. The minimum absolute atomic E-state index is 0.0121. The van der Waals surface area contributed by atoms with Gasteiger partial charge in [0.2, 0.25) is 0 Å². The van der Waals surface area contributed by atoms with E-state index in [0.29, 0.717) is 15.1 Å². The van der Waals surface area contributed by atoms with Gasteiger partial charge >= 0.3 is 0 Å². The molecular weight excluding hydrogens is 403 g/mol. The fourth-order valence-corrected chi connectivity index (χ4v) is 2.69. The molecule has 0 saturated heterocycles. The van der Waals surface area contributed by atoms with Crippen LogP contribution in [0.15, 0.2) is 66.8 Å². The van der Waals surface area contributed by atoms with Crippen molar-refractivity contribution in [3.63, 3.8) is 0 Å². The number of ketones is 1. The number of ether oxygens (including phenoxy) is 1. The van der Waals surface area contributed by atoms with Crippen molar-refractivity contribution >= 4 is 52.7 Å². The highest BCUT2D eigenvalue weighted by molar-refractivity contribution is 6.35. The van der Waals surface area contributed by atoms with E-state index < -0.39 is 0 Å². The summed E-state index contributed by atoms with van der Waals surface area (Å²) in [7, 11) is 0.